The van der Waals surface area contributed by atoms with Gasteiger partial charge in [-0.05, 0) is 37.1 Å². The monoisotopic (exact) mass is 357 g/mol. The van der Waals surface area contributed by atoms with Crippen molar-refractivity contribution in [2.45, 2.75) is 44.1 Å². The normalized spacial score (nSPS) is 16.5. The van der Waals surface area contributed by atoms with Crippen LogP contribution in [0.25, 0.3) is 5.65 Å². The molecular weight excluding hydrogens is 334 g/mol. The number of carbonyl (C=O) groups excluding carboxylic acids is 2. The molecule has 0 aromatic carbocycles. The maximum Gasteiger partial charge on any atom is 0.256 e. The fourth-order valence-electron chi connectivity index (χ4n) is 2.91. The number of pyridine rings is 1. The molecule has 1 aliphatic rings. The minimum atomic E-state index is -0.0886. The molecule has 0 N–H and O–H groups in total. The Kier molecular flexibility index (Phi) is 5.91. The summed E-state index contributed by atoms with van der Waals surface area (Å²) in [5.74, 6) is 0.809. The Labute approximate surface area is 152 Å². The van der Waals surface area contributed by atoms with Crippen molar-refractivity contribution in [1.29, 1.82) is 0 Å². The first-order chi connectivity index (χ1) is 12.2. The number of rotatable bonds is 8. The molecule has 1 aliphatic heterocycles. The Hall–Kier alpha value is -2.08. The first kappa shape index (κ1) is 17.7. The van der Waals surface area contributed by atoms with Crippen LogP contribution in [-0.4, -0.2) is 38.4 Å². The number of unbranched alkanes of at least 4 members (excludes halogenated alkanes) is 2. The van der Waals surface area contributed by atoms with Gasteiger partial charge in [-0.1, -0.05) is 25.5 Å². The highest BCUT2D eigenvalue weighted by Crippen LogP contribution is 2.22. The summed E-state index contributed by atoms with van der Waals surface area (Å²) in [5, 5.41) is 1.16. The van der Waals surface area contributed by atoms with Gasteiger partial charge in [-0.2, -0.15) is 0 Å². The number of likely N-dealkylation sites (tertiary alicyclic amines) is 1. The van der Waals surface area contributed by atoms with Crippen LogP contribution in [0.2, 0.25) is 0 Å². The molecule has 1 saturated heterocycles. The SMILES string of the molecule is CCCC=C1CC(=O)N(CCCCSc2cccc3nccn23)C1=O. The number of fused-ring (bicyclic) bond motifs is 1. The highest BCUT2D eigenvalue weighted by molar-refractivity contribution is 7.99. The lowest BCUT2D eigenvalue weighted by atomic mass is 10.1. The molecule has 2 amide bonds. The van der Waals surface area contributed by atoms with Crippen LogP contribution < -0.4 is 0 Å². The highest BCUT2D eigenvalue weighted by atomic mass is 32.2. The van der Waals surface area contributed by atoms with E-state index in [1.54, 1.807) is 18.0 Å². The predicted octanol–water partition coefficient (Wildman–Crippen LogP) is 3.69. The van der Waals surface area contributed by atoms with Gasteiger partial charge in [0.2, 0.25) is 5.91 Å². The largest absolute Gasteiger partial charge is 0.294 e. The number of imide groups is 1. The zero-order valence-electron chi connectivity index (χ0n) is 14.5. The van der Waals surface area contributed by atoms with Gasteiger partial charge < -0.3 is 0 Å². The Morgan fingerprint density at radius 2 is 2.16 bits per heavy atom. The fourth-order valence-corrected chi connectivity index (χ4v) is 3.94. The third-order valence-corrected chi connectivity index (χ3v) is 5.38. The molecule has 0 radical (unpaired) electrons. The number of amides is 2. The Morgan fingerprint density at radius 3 is 3.00 bits per heavy atom. The minimum Gasteiger partial charge on any atom is -0.294 e. The van der Waals surface area contributed by atoms with E-state index in [2.05, 4.69) is 22.4 Å². The summed E-state index contributed by atoms with van der Waals surface area (Å²) >= 11 is 1.77. The third kappa shape index (κ3) is 4.12. The molecule has 0 aliphatic carbocycles. The van der Waals surface area contributed by atoms with Gasteiger partial charge in [-0.15, -0.1) is 11.8 Å². The molecule has 2 aromatic rings. The minimum absolute atomic E-state index is 0.0526. The van der Waals surface area contributed by atoms with Crippen LogP contribution in [0.5, 0.6) is 0 Å². The summed E-state index contributed by atoms with van der Waals surface area (Å²) in [6, 6.07) is 6.08. The zero-order chi connectivity index (χ0) is 17.6. The molecule has 3 rings (SSSR count). The average Bonchev–Trinajstić information content (AvgIpc) is 3.19. The van der Waals surface area contributed by atoms with Gasteiger partial charge in [0.05, 0.1) is 11.4 Å². The molecule has 0 atom stereocenters. The molecule has 0 spiro atoms. The Morgan fingerprint density at radius 1 is 1.28 bits per heavy atom. The average molecular weight is 357 g/mol. The van der Waals surface area contributed by atoms with Gasteiger partial charge in [-0.3, -0.25) is 18.9 Å². The Balaban J connectivity index is 1.45. The lowest BCUT2D eigenvalue weighted by molar-refractivity contribution is -0.137. The summed E-state index contributed by atoms with van der Waals surface area (Å²) in [5.41, 5.74) is 1.62. The number of nitrogens with zero attached hydrogens (tertiary/aromatic N) is 3. The smallest absolute Gasteiger partial charge is 0.256 e. The summed E-state index contributed by atoms with van der Waals surface area (Å²) < 4.78 is 2.07. The summed E-state index contributed by atoms with van der Waals surface area (Å²) in [6.45, 7) is 2.59. The second-order valence-corrected chi connectivity index (χ2v) is 7.24. The van der Waals surface area contributed by atoms with E-state index < -0.39 is 0 Å². The lowest BCUT2D eigenvalue weighted by Gasteiger charge is -2.13. The summed E-state index contributed by atoms with van der Waals surface area (Å²) in [6.07, 6.45) is 9.60. The van der Waals surface area contributed by atoms with E-state index in [0.717, 1.165) is 42.1 Å². The number of imidazole rings is 1. The van der Waals surface area contributed by atoms with Gasteiger partial charge >= 0.3 is 0 Å². The van der Waals surface area contributed by atoms with E-state index in [9.17, 15) is 9.59 Å². The number of thioether (sulfide) groups is 1. The van der Waals surface area contributed by atoms with Crippen molar-refractivity contribution in [3.8, 4) is 0 Å². The van der Waals surface area contributed by atoms with Crippen LogP contribution in [0.15, 0.2) is 47.3 Å². The van der Waals surface area contributed by atoms with Crippen molar-refractivity contribution in [2.24, 2.45) is 0 Å². The maximum atomic E-state index is 12.2. The quantitative estimate of drug-likeness (QED) is 0.313. The number of hydrogen-bond acceptors (Lipinski definition) is 4. The van der Waals surface area contributed by atoms with Gasteiger partial charge in [0.25, 0.3) is 5.91 Å². The van der Waals surface area contributed by atoms with E-state index in [1.165, 1.54) is 4.90 Å². The first-order valence-electron chi connectivity index (χ1n) is 8.79. The molecule has 5 nitrogen and oxygen atoms in total. The molecule has 25 heavy (non-hydrogen) atoms. The van der Waals surface area contributed by atoms with E-state index >= 15 is 0 Å². The van der Waals surface area contributed by atoms with E-state index in [-0.39, 0.29) is 18.2 Å². The molecule has 0 saturated carbocycles. The topological polar surface area (TPSA) is 54.7 Å². The second-order valence-electron chi connectivity index (χ2n) is 6.12. The van der Waals surface area contributed by atoms with Crippen LogP contribution in [-0.2, 0) is 9.59 Å². The Bertz CT molecular complexity index is 797. The van der Waals surface area contributed by atoms with Crippen molar-refractivity contribution >= 4 is 29.2 Å². The van der Waals surface area contributed by atoms with Crippen LogP contribution in [0.3, 0.4) is 0 Å². The lowest BCUT2D eigenvalue weighted by Crippen LogP contribution is -2.30. The number of allylic oxidation sites excluding steroid dienone is 1. The molecule has 6 heteroatoms. The molecular formula is C19H23N3O2S. The van der Waals surface area contributed by atoms with Crippen LogP contribution in [0, 0.1) is 0 Å². The fraction of sp³-hybridized carbons (Fsp3) is 0.421. The van der Waals surface area contributed by atoms with Crippen LogP contribution in [0.1, 0.15) is 39.0 Å². The van der Waals surface area contributed by atoms with Crippen molar-refractivity contribution in [3.63, 3.8) is 0 Å². The van der Waals surface area contributed by atoms with Gasteiger partial charge in [-0.25, -0.2) is 4.98 Å². The van der Waals surface area contributed by atoms with E-state index in [4.69, 9.17) is 0 Å². The van der Waals surface area contributed by atoms with Gasteiger partial charge in [0.15, 0.2) is 0 Å². The molecule has 132 valence electrons. The molecule has 0 unspecified atom stereocenters. The number of aromatic nitrogens is 2. The maximum absolute atomic E-state index is 12.2. The van der Waals surface area contributed by atoms with Crippen LogP contribution >= 0.6 is 11.8 Å². The van der Waals surface area contributed by atoms with Crippen molar-refractivity contribution in [1.82, 2.24) is 14.3 Å². The standard InChI is InChI=1S/C19H23N3O2S/c1-2-3-7-15-14-17(23)22(19(15)24)11-4-5-13-25-18-9-6-8-16-20-10-12-21(16)18/h6-10,12H,2-5,11,13-14H2,1H3. The van der Waals surface area contributed by atoms with Gasteiger partial charge in [0, 0.05) is 24.5 Å². The summed E-state index contributed by atoms with van der Waals surface area (Å²) in [7, 11) is 0. The van der Waals surface area contributed by atoms with Gasteiger partial charge in [0.1, 0.15) is 5.65 Å². The molecule has 3 heterocycles. The van der Waals surface area contributed by atoms with Crippen molar-refractivity contribution in [2.75, 3.05) is 12.3 Å². The molecule has 1 fully saturated rings. The molecule has 2 aromatic heterocycles. The first-order valence-corrected chi connectivity index (χ1v) is 9.78. The molecule has 0 bridgehead atoms. The number of carbonyl (C=O) groups is 2. The predicted molar refractivity (Wildman–Crippen MR) is 99.5 cm³/mol. The third-order valence-electron chi connectivity index (χ3n) is 4.26. The van der Waals surface area contributed by atoms with Crippen molar-refractivity contribution < 1.29 is 9.59 Å². The van der Waals surface area contributed by atoms with E-state index in [0.29, 0.717) is 12.1 Å². The second kappa shape index (κ2) is 8.34. The highest BCUT2D eigenvalue weighted by Gasteiger charge is 2.32. The van der Waals surface area contributed by atoms with E-state index in [1.807, 2.05) is 24.4 Å². The summed E-state index contributed by atoms with van der Waals surface area (Å²) in [4.78, 5) is 30.0. The van der Waals surface area contributed by atoms with Crippen LogP contribution in [0.4, 0.5) is 0 Å². The van der Waals surface area contributed by atoms with Crippen molar-refractivity contribution in [3.05, 3.63) is 42.2 Å². The zero-order valence-corrected chi connectivity index (χ0v) is 15.3. The number of hydrogen-bond donors (Lipinski definition) is 0.